The molecule has 0 heterocycles. The second-order valence-corrected chi connectivity index (χ2v) is 8.09. The SMILES string of the molecule is COC(=O)CN(c1cc(Cl)ccc1OC)S(=O)(=O)c1cc(Cl)ccc1Cl. The zero-order valence-electron chi connectivity index (χ0n) is 13.7. The van der Waals surface area contributed by atoms with Crippen molar-refractivity contribution in [3.05, 3.63) is 51.5 Å². The van der Waals surface area contributed by atoms with Crippen molar-refractivity contribution in [1.29, 1.82) is 0 Å². The summed E-state index contributed by atoms with van der Waals surface area (Å²) in [6.45, 7) is -0.613. The topological polar surface area (TPSA) is 72.9 Å². The highest BCUT2D eigenvalue weighted by molar-refractivity contribution is 7.93. The molecule has 0 N–H and O–H groups in total. The van der Waals surface area contributed by atoms with Gasteiger partial charge in [-0.3, -0.25) is 9.10 Å². The Morgan fingerprint density at radius 2 is 1.65 bits per heavy atom. The fourth-order valence-corrected chi connectivity index (χ4v) is 4.45. The van der Waals surface area contributed by atoms with Gasteiger partial charge in [0.05, 0.1) is 24.9 Å². The van der Waals surface area contributed by atoms with E-state index in [0.717, 1.165) is 11.4 Å². The fourth-order valence-electron chi connectivity index (χ4n) is 2.13. The van der Waals surface area contributed by atoms with E-state index in [2.05, 4.69) is 4.74 Å². The summed E-state index contributed by atoms with van der Waals surface area (Å²) in [5, 5.41) is 0.373. The van der Waals surface area contributed by atoms with Crippen LogP contribution in [0.5, 0.6) is 5.75 Å². The minimum atomic E-state index is -4.28. The van der Waals surface area contributed by atoms with Gasteiger partial charge in [0.25, 0.3) is 10.0 Å². The number of carbonyl (C=O) groups excluding carboxylic acids is 1. The average molecular weight is 439 g/mol. The second-order valence-electron chi connectivity index (χ2n) is 4.98. The molecule has 0 radical (unpaired) electrons. The Hall–Kier alpha value is -1.67. The second kappa shape index (κ2) is 8.35. The summed E-state index contributed by atoms with van der Waals surface area (Å²) in [6.07, 6.45) is 0. The summed E-state index contributed by atoms with van der Waals surface area (Å²) >= 11 is 18.0. The van der Waals surface area contributed by atoms with Crippen LogP contribution in [0.2, 0.25) is 15.1 Å². The predicted octanol–water partition coefficient (Wildman–Crippen LogP) is 4.02. The van der Waals surface area contributed by atoms with Crippen LogP contribution in [0.3, 0.4) is 0 Å². The van der Waals surface area contributed by atoms with Crippen molar-refractivity contribution in [1.82, 2.24) is 0 Å². The Bertz CT molecular complexity index is 933. The molecule has 0 fully saturated rings. The molecule has 140 valence electrons. The van der Waals surface area contributed by atoms with E-state index < -0.39 is 22.5 Å². The van der Waals surface area contributed by atoms with Gasteiger partial charge < -0.3 is 9.47 Å². The maximum atomic E-state index is 13.2. The van der Waals surface area contributed by atoms with Crippen LogP contribution < -0.4 is 9.04 Å². The zero-order valence-corrected chi connectivity index (χ0v) is 16.8. The molecule has 2 rings (SSSR count). The van der Waals surface area contributed by atoms with Crippen LogP contribution in [0.25, 0.3) is 0 Å². The summed E-state index contributed by atoms with van der Waals surface area (Å²) < 4.78 is 37.1. The highest BCUT2D eigenvalue weighted by Gasteiger charge is 2.32. The molecule has 0 spiro atoms. The Morgan fingerprint density at radius 3 is 2.27 bits per heavy atom. The van der Waals surface area contributed by atoms with Gasteiger partial charge in [-0.25, -0.2) is 8.42 Å². The largest absolute Gasteiger partial charge is 0.495 e. The van der Waals surface area contributed by atoms with E-state index in [4.69, 9.17) is 39.5 Å². The predicted molar refractivity (Wildman–Crippen MR) is 101 cm³/mol. The number of carbonyl (C=O) groups is 1. The molecular weight excluding hydrogens is 425 g/mol. The summed E-state index contributed by atoms with van der Waals surface area (Å²) in [5.74, 6) is -0.589. The Morgan fingerprint density at radius 1 is 1.04 bits per heavy atom. The lowest BCUT2D eigenvalue weighted by Gasteiger charge is -2.25. The molecule has 6 nitrogen and oxygen atoms in total. The van der Waals surface area contributed by atoms with E-state index in [0.29, 0.717) is 0 Å². The zero-order chi connectivity index (χ0) is 19.5. The van der Waals surface area contributed by atoms with Gasteiger partial charge in [-0.1, -0.05) is 34.8 Å². The Labute approximate surface area is 166 Å². The first-order valence-corrected chi connectivity index (χ1v) is 9.66. The van der Waals surface area contributed by atoms with Crippen molar-refractivity contribution in [3.8, 4) is 5.75 Å². The summed E-state index contributed by atoms with van der Waals surface area (Å²) in [6, 6.07) is 8.37. The lowest BCUT2D eigenvalue weighted by atomic mass is 10.3. The minimum absolute atomic E-state index is 0.0507. The number of hydrogen-bond acceptors (Lipinski definition) is 5. The fraction of sp³-hybridized carbons (Fsp3) is 0.188. The molecule has 0 saturated heterocycles. The highest BCUT2D eigenvalue weighted by atomic mass is 35.5. The number of esters is 1. The van der Waals surface area contributed by atoms with E-state index in [-0.39, 0.29) is 31.4 Å². The first kappa shape index (κ1) is 20.6. The molecule has 10 heteroatoms. The molecule has 2 aromatic rings. The van der Waals surface area contributed by atoms with Crippen LogP contribution >= 0.6 is 34.8 Å². The monoisotopic (exact) mass is 437 g/mol. The van der Waals surface area contributed by atoms with Crippen LogP contribution in [0.1, 0.15) is 0 Å². The number of sulfonamides is 1. The Balaban J connectivity index is 2.71. The number of hydrogen-bond donors (Lipinski definition) is 0. The van der Waals surface area contributed by atoms with Crippen LogP contribution in [0, 0.1) is 0 Å². The number of anilines is 1. The number of ether oxygens (including phenoxy) is 2. The molecule has 2 aromatic carbocycles. The maximum absolute atomic E-state index is 13.2. The number of halogens is 3. The number of rotatable bonds is 6. The standard InChI is InChI=1S/C16H14Cl3NO5S/c1-24-14-6-4-10(17)7-13(14)20(9-16(21)25-2)26(22,23)15-8-11(18)3-5-12(15)19/h3-8H,9H2,1-2H3. The first-order chi connectivity index (χ1) is 12.2. The molecule has 0 bridgehead atoms. The molecule has 0 aliphatic carbocycles. The maximum Gasteiger partial charge on any atom is 0.326 e. The molecule has 0 aliphatic heterocycles. The smallest absolute Gasteiger partial charge is 0.326 e. The van der Waals surface area contributed by atoms with Gasteiger partial charge >= 0.3 is 5.97 Å². The molecule has 0 aliphatic rings. The van der Waals surface area contributed by atoms with Gasteiger partial charge in [0.15, 0.2) is 0 Å². The van der Waals surface area contributed by atoms with E-state index in [1.54, 1.807) is 0 Å². The number of methoxy groups -OCH3 is 2. The number of nitrogens with zero attached hydrogens (tertiary/aromatic N) is 1. The van der Waals surface area contributed by atoms with E-state index in [1.165, 1.54) is 43.5 Å². The van der Waals surface area contributed by atoms with Gasteiger partial charge in [-0.15, -0.1) is 0 Å². The van der Waals surface area contributed by atoms with Crippen LogP contribution in [-0.2, 0) is 19.6 Å². The van der Waals surface area contributed by atoms with Crippen molar-refractivity contribution >= 4 is 56.5 Å². The van der Waals surface area contributed by atoms with Crippen LogP contribution in [0.4, 0.5) is 5.69 Å². The van der Waals surface area contributed by atoms with Gasteiger partial charge in [-0.05, 0) is 36.4 Å². The highest BCUT2D eigenvalue weighted by Crippen LogP contribution is 2.36. The van der Waals surface area contributed by atoms with E-state index in [1.807, 2.05) is 0 Å². The van der Waals surface area contributed by atoms with Crippen molar-refractivity contribution in [2.75, 3.05) is 25.1 Å². The van der Waals surface area contributed by atoms with Gasteiger partial charge in [0.2, 0.25) is 0 Å². The normalized spacial score (nSPS) is 11.1. The van der Waals surface area contributed by atoms with Gasteiger partial charge in [0.1, 0.15) is 17.2 Å². The first-order valence-electron chi connectivity index (χ1n) is 7.09. The average Bonchev–Trinajstić information content (AvgIpc) is 2.61. The third kappa shape index (κ3) is 4.35. The molecule has 0 unspecified atom stereocenters. The van der Waals surface area contributed by atoms with E-state index in [9.17, 15) is 13.2 Å². The van der Waals surface area contributed by atoms with E-state index >= 15 is 0 Å². The number of benzene rings is 2. The summed E-state index contributed by atoms with van der Waals surface area (Å²) in [4.78, 5) is 11.6. The molecule has 0 atom stereocenters. The molecular formula is C16H14Cl3NO5S. The Kier molecular flexibility index (Phi) is 6.63. The minimum Gasteiger partial charge on any atom is -0.495 e. The third-order valence-electron chi connectivity index (χ3n) is 3.37. The third-order valence-corrected chi connectivity index (χ3v) is 6.08. The summed E-state index contributed by atoms with van der Waals surface area (Å²) in [7, 11) is -1.77. The summed E-state index contributed by atoms with van der Waals surface area (Å²) in [5.41, 5.74) is 0.0569. The molecule has 0 aromatic heterocycles. The quantitative estimate of drug-likeness (QED) is 0.637. The van der Waals surface area contributed by atoms with Gasteiger partial charge in [0, 0.05) is 10.0 Å². The molecule has 0 amide bonds. The van der Waals surface area contributed by atoms with Gasteiger partial charge in [-0.2, -0.15) is 0 Å². The molecule has 0 saturated carbocycles. The molecule has 26 heavy (non-hydrogen) atoms. The van der Waals surface area contributed by atoms with Crippen LogP contribution in [0.15, 0.2) is 41.3 Å². The van der Waals surface area contributed by atoms with Crippen LogP contribution in [-0.4, -0.2) is 35.2 Å². The van der Waals surface area contributed by atoms with Crippen molar-refractivity contribution in [2.24, 2.45) is 0 Å². The van der Waals surface area contributed by atoms with Crippen molar-refractivity contribution < 1.29 is 22.7 Å². The lowest BCUT2D eigenvalue weighted by Crippen LogP contribution is -2.36. The lowest BCUT2D eigenvalue weighted by molar-refractivity contribution is -0.138. The van der Waals surface area contributed by atoms with Crippen molar-refractivity contribution in [2.45, 2.75) is 4.90 Å². The van der Waals surface area contributed by atoms with Crippen molar-refractivity contribution in [3.63, 3.8) is 0 Å².